The van der Waals surface area contributed by atoms with Gasteiger partial charge >= 0.3 is 0 Å². The van der Waals surface area contributed by atoms with Gasteiger partial charge in [-0.2, -0.15) is 0 Å². The highest BCUT2D eigenvalue weighted by Gasteiger charge is 2.36. The maximum Gasteiger partial charge on any atom is 0.298 e. The molecule has 0 bridgehead atoms. The SMILES string of the molecule is O=C1S/C(=C\c2cc(Br)c(OCc3cccc([N+](=O)[O-])c3)c(I)c2)C(=O)N1c1ccccc1. The molecular weight excluding hydrogens is 623 g/mol. The van der Waals surface area contributed by atoms with E-state index in [4.69, 9.17) is 4.74 Å². The van der Waals surface area contributed by atoms with Gasteiger partial charge in [-0.1, -0.05) is 30.3 Å². The topological polar surface area (TPSA) is 89.7 Å². The Morgan fingerprint density at radius 1 is 1.09 bits per heavy atom. The van der Waals surface area contributed by atoms with Crippen molar-refractivity contribution in [1.29, 1.82) is 0 Å². The largest absolute Gasteiger partial charge is 0.487 e. The van der Waals surface area contributed by atoms with Crippen molar-refractivity contribution in [2.45, 2.75) is 6.61 Å². The summed E-state index contributed by atoms with van der Waals surface area (Å²) in [5.41, 5.74) is 1.94. The molecule has 1 saturated heterocycles. The molecule has 0 radical (unpaired) electrons. The Labute approximate surface area is 215 Å². The first kappa shape index (κ1) is 23.5. The number of carbonyl (C=O) groups is 2. The number of hydrogen-bond acceptors (Lipinski definition) is 6. The maximum atomic E-state index is 12.8. The Bertz CT molecular complexity index is 1280. The number of hydrogen-bond donors (Lipinski definition) is 0. The number of nitro groups is 1. The highest BCUT2D eigenvalue weighted by Crippen LogP contribution is 2.38. The highest BCUT2D eigenvalue weighted by atomic mass is 127. The second kappa shape index (κ2) is 10.1. The number of para-hydroxylation sites is 1. The molecule has 0 unspecified atom stereocenters. The van der Waals surface area contributed by atoms with Crippen LogP contribution in [-0.2, 0) is 11.4 Å². The summed E-state index contributed by atoms with van der Waals surface area (Å²) < 4.78 is 7.33. The van der Waals surface area contributed by atoms with Gasteiger partial charge in [0, 0.05) is 12.1 Å². The Morgan fingerprint density at radius 2 is 1.85 bits per heavy atom. The average Bonchev–Trinajstić information content (AvgIpc) is 3.06. The Balaban J connectivity index is 1.53. The van der Waals surface area contributed by atoms with Crippen LogP contribution in [0.25, 0.3) is 6.08 Å². The third-order valence-electron chi connectivity index (χ3n) is 4.63. The quantitative estimate of drug-likeness (QED) is 0.128. The summed E-state index contributed by atoms with van der Waals surface area (Å²) in [4.78, 5) is 37.2. The van der Waals surface area contributed by atoms with E-state index in [0.717, 1.165) is 25.8 Å². The van der Waals surface area contributed by atoms with Crippen molar-refractivity contribution in [3.8, 4) is 5.75 Å². The van der Waals surface area contributed by atoms with E-state index < -0.39 is 4.92 Å². The van der Waals surface area contributed by atoms with Gasteiger partial charge in [0.2, 0.25) is 0 Å². The molecule has 1 heterocycles. The van der Waals surface area contributed by atoms with Gasteiger partial charge in [-0.25, -0.2) is 4.90 Å². The predicted molar refractivity (Wildman–Crippen MR) is 139 cm³/mol. The number of ether oxygens (including phenoxy) is 1. The van der Waals surface area contributed by atoms with Crippen LogP contribution in [0.4, 0.5) is 16.2 Å². The van der Waals surface area contributed by atoms with Gasteiger partial charge in [0.05, 0.1) is 23.6 Å². The number of nitrogens with zero attached hydrogens (tertiary/aromatic N) is 2. The summed E-state index contributed by atoms with van der Waals surface area (Å²) in [5.74, 6) is 0.213. The molecule has 3 aromatic carbocycles. The Morgan fingerprint density at radius 3 is 2.55 bits per heavy atom. The highest BCUT2D eigenvalue weighted by molar-refractivity contribution is 14.1. The fourth-order valence-electron chi connectivity index (χ4n) is 3.13. The van der Waals surface area contributed by atoms with Crippen molar-refractivity contribution < 1.29 is 19.2 Å². The van der Waals surface area contributed by atoms with Gasteiger partial charge in [-0.05, 0) is 91.8 Å². The Hall–Kier alpha value is -2.70. The molecule has 1 aliphatic rings. The fourth-order valence-corrected chi connectivity index (χ4v) is 5.74. The number of nitro benzene ring substituents is 1. The molecule has 3 aromatic rings. The molecule has 10 heteroatoms. The predicted octanol–water partition coefficient (Wildman–Crippen LogP) is 6.78. The number of imide groups is 1. The lowest BCUT2D eigenvalue weighted by Crippen LogP contribution is -2.27. The van der Waals surface area contributed by atoms with E-state index in [-0.39, 0.29) is 23.4 Å². The maximum absolute atomic E-state index is 12.8. The number of amides is 2. The van der Waals surface area contributed by atoms with Crippen molar-refractivity contribution >= 4 is 78.9 Å². The minimum Gasteiger partial charge on any atom is -0.487 e. The summed E-state index contributed by atoms with van der Waals surface area (Å²) in [7, 11) is 0. The van der Waals surface area contributed by atoms with Gasteiger partial charge in [-0.15, -0.1) is 0 Å². The van der Waals surface area contributed by atoms with E-state index in [2.05, 4.69) is 38.5 Å². The van der Waals surface area contributed by atoms with Crippen molar-refractivity contribution in [2.75, 3.05) is 4.90 Å². The van der Waals surface area contributed by atoms with Crippen LogP contribution in [-0.4, -0.2) is 16.1 Å². The van der Waals surface area contributed by atoms with Crippen molar-refractivity contribution in [2.24, 2.45) is 0 Å². The molecule has 0 spiro atoms. The summed E-state index contributed by atoms with van der Waals surface area (Å²) in [6, 6.07) is 18.7. The molecule has 0 saturated carbocycles. The van der Waals surface area contributed by atoms with Crippen molar-refractivity contribution in [3.05, 3.63) is 101 Å². The molecule has 1 fully saturated rings. The minimum atomic E-state index is -0.447. The lowest BCUT2D eigenvalue weighted by atomic mass is 10.2. The van der Waals surface area contributed by atoms with Gasteiger partial charge in [0.15, 0.2) is 0 Å². The zero-order valence-electron chi connectivity index (χ0n) is 16.7. The molecule has 2 amide bonds. The van der Waals surface area contributed by atoms with Crippen LogP contribution in [0.1, 0.15) is 11.1 Å². The van der Waals surface area contributed by atoms with Crippen LogP contribution in [0.3, 0.4) is 0 Å². The van der Waals surface area contributed by atoms with Crippen molar-refractivity contribution in [1.82, 2.24) is 0 Å². The molecule has 0 aliphatic carbocycles. The van der Waals surface area contributed by atoms with E-state index in [0.29, 0.717) is 26.4 Å². The number of rotatable bonds is 6. The fraction of sp³-hybridized carbons (Fsp3) is 0.0435. The summed E-state index contributed by atoms with van der Waals surface area (Å²) in [5, 5.41) is 10.6. The molecule has 0 atom stereocenters. The van der Waals surface area contributed by atoms with E-state index in [9.17, 15) is 19.7 Å². The summed E-state index contributed by atoms with van der Waals surface area (Å²) in [6.45, 7) is 0.158. The van der Waals surface area contributed by atoms with E-state index >= 15 is 0 Å². The number of carbonyl (C=O) groups excluding carboxylic acids is 2. The molecule has 166 valence electrons. The van der Waals surface area contributed by atoms with Gasteiger partial charge in [-0.3, -0.25) is 19.7 Å². The van der Waals surface area contributed by atoms with Gasteiger partial charge in [0.1, 0.15) is 12.4 Å². The lowest BCUT2D eigenvalue weighted by Gasteiger charge is -2.12. The van der Waals surface area contributed by atoms with Gasteiger partial charge in [0.25, 0.3) is 16.8 Å². The van der Waals surface area contributed by atoms with Crippen LogP contribution in [0.5, 0.6) is 5.75 Å². The zero-order chi connectivity index (χ0) is 23.5. The number of anilines is 1. The van der Waals surface area contributed by atoms with Crippen LogP contribution < -0.4 is 9.64 Å². The normalized spacial score (nSPS) is 14.7. The van der Waals surface area contributed by atoms with Crippen molar-refractivity contribution in [3.63, 3.8) is 0 Å². The summed E-state index contributed by atoms with van der Waals surface area (Å²) >= 11 is 6.51. The van der Waals surface area contributed by atoms with E-state index in [1.54, 1.807) is 48.5 Å². The number of halogens is 2. The number of benzene rings is 3. The first-order valence-electron chi connectivity index (χ1n) is 9.51. The monoisotopic (exact) mass is 636 g/mol. The smallest absolute Gasteiger partial charge is 0.298 e. The first-order valence-corrected chi connectivity index (χ1v) is 12.2. The third kappa shape index (κ3) is 5.28. The third-order valence-corrected chi connectivity index (χ3v) is 6.89. The molecule has 7 nitrogen and oxygen atoms in total. The standard InChI is InChI=1S/C23H14BrIN2O5S/c24-18-10-15(12-20-22(28)26(23(29)33-20)16-6-2-1-3-7-16)11-19(25)21(18)32-13-14-5-4-8-17(9-14)27(30)31/h1-12H,13H2/b20-12-. The number of non-ortho nitro benzene ring substituents is 1. The second-order valence-electron chi connectivity index (χ2n) is 6.88. The lowest BCUT2D eigenvalue weighted by molar-refractivity contribution is -0.384. The molecular formula is C23H14BrIN2O5S. The van der Waals surface area contributed by atoms with E-state index in [1.807, 2.05) is 12.1 Å². The average molecular weight is 637 g/mol. The van der Waals surface area contributed by atoms with Crippen LogP contribution >= 0.6 is 50.3 Å². The van der Waals surface area contributed by atoms with E-state index in [1.165, 1.54) is 12.1 Å². The molecule has 0 aromatic heterocycles. The van der Waals surface area contributed by atoms with Crippen LogP contribution in [0.15, 0.2) is 76.1 Å². The van der Waals surface area contributed by atoms with Gasteiger partial charge < -0.3 is 4.74 Å². The molecule has 33 heavy (non-hydrogen) atoms. The summed E-state index contributed by atoms with van der Waals surface area (Å²) in [6.07, 6.45) is 1.67. The number of thioether (sulfide) groups is 1. The van der Waals surface area contributed by atoms with Crippen LogP contribution in [0, 0.1) is 13.7 Å². The zero-order valence-corrected chi connectivity index (χ0v) is 21.3. The Kier molecular flexibility index (Phi) is 7.15. The second-order valence-corrected chi connectivity index (χ2v) is 9.89. The minimum absolute atomic E-state index is 0.00431. The molecule has 0 N–H and O–H groups in total. The molecule has 1 aliphatic heterocycles. The first-order chi connectivity index (χ1) is 15.8. The molecule has 4 rings (SSSR count). The van der Waals surface area contributed by atoms with Crippen LogP contribution in [0.2, 0.25) is 0 Å².